The van der Waals surface area contributed by atoms with Crippen LogP contribution in [-0.4, -0.2) is 40.8 Å². The van der Waals surface area contributed by atoms with Gasteiger partial charge in [-0.1, -0.05) is 34.8 Å². The third-order valence-corrected chi connectivity index (χ3v) is 5.51. The molecule has 2 amide bonds. The number of carbonyl (C=O) groups is 2. The molecule has 1 saturated heterocycles. The van der Waals surface area contributed by atoms with Crippen LogP contribution >= 0.6 is 34.8 Å². The van der Waals surface area contributed by atoms with Gasteiger partial charge >= 0.3 is 0 Å². The van der Waals surface area contributed by atoms with Gasteiger partial charge in [0.2, 0.25) is 11.8 Å². The molecule has 11 heteroatoms. The lowest BCUT2D eigenvalue weighted by molar-refractivity contribution is -0.384. The Labute approximate surface area is 187 Å². The molecule has 1 aliphatic heterocycles. The first kappa shape index (κ1) is 22.3. The zero-order valence-electron chi connectivity index (χ0n) is 15.5. The van der Waals surface area contributed by atoms with E-state index in [-0.39, 0.29) is 34.8 Å². The minimum Gasteiger partial charge on any atom is -0.324 e. The van der Waals surface area contributed by atoms with Gasteiger partial charge in [-0.05, 0) is 43.7 Å². The van der Waals surface area contributed by atoms with Gasteiger partial charge in [-0.2, -0.15) is 0 Å². The van der Waals surface area contributed by atoms with Gasteiger partial charge in [0.05, 0.1) is 38.9 Å². The Balaban J connectivity index is 1.63. The Hall–Kier alpha value is -2.39. The standard InChI is InChI=1S/C19H17Cl3N4O4/c20-11-3-5-13(21)16(8-11)24-19(28)17-2-1-7-25(17)10-18(27)23-15-6-4-12(26(29)30)9-14(15)22/h3-6,8-9,17H,1-2,7,10H2,(H,23,27)(H,24,28). The van der Waals surface area contributed by atoms with Crippen molar-refractivity contribution in [1.82, 2.24) is 4.90 Å². The maximum Gasteiger partial charge on any atom is 0.271 e. The molecule has 3 rings (SSSR count). The number of hydrogen-bond donors (Lipinski definition) is 2. The molecule has 1 atom stereocenters. The van der Waals surface area contributed by atoms with E-state index in [0.29, 0.717) is 28.7 Å². The fourth-order valence-corrected chi connectivity index (χ4v) is 3.77. The fraction of sp³-hybridized carbons (Fsp3) is 0.263. The minimum absolute atomic E-state index is 0.0331. The summed E-state index contributed by atoms with van der Waals surface area (Å²) in [6.45, 7) is 0.539. The lowest BCUT2D eigenvalue weighted by atomic mass is 10.2. The molecule has 2 aromatic carbocycles. The van der Waals surface area contributed by atoms with E-state index in [1.807, 2.05) is 0 Å². The van der Waals surface area contributed by atoms with Crippen LogP contribution in [0.25, 0.3) is 0 Å². The maximum atomic E-state index is 12.7. The van der Waals surface area contributed by atoms with Crippen molar-refractivity contribution in [3.63, 3.8) is 0 Å². The van der Waals surface area contributed by atoms with Crippen molar-refractivity contribution in [1.29, 1.82) is 0 Å². The highest BCUT2D eigenvalue weighted by atomic mass is 35.5. The van der Waals surface area contributed by atoms with Crippen molar-refractivity contribution in [3.05, 3.63) is 61.6 Å². The van der Waals surface area contributed by atoms with E-state index in [2.05, 4.69) is 10.6 Å². The lowest BCUT2D eigenvalue weighted by Crippen LogP contribution is -2.43. The summed E-state index contributed by atoms with van der Waals surface area (Å²) in [5.74, 6) is -0.663. The minimum atomic E-state index is -0.572. The molecule has 1 unspecified atom stereocenters. The predicted octanol–water partition coefficient (Wildman–Crippen LogP) is 4.60. The average molecular weight is 472 g/mol. The van der Waals surface area contributed by atoms with E-state index >= 15 is 0 Å². The van der Waals surface area contributed by atoms with E-state index in [9.17, 15) is 19.7 Å². The van der Waals surface area contributed by atoms with Crippen molar-refractivity contribution >= 4 is 63.7 Å². The summed E-state index contributed by atoms with van der Waals surface area (Å²) in [4.78, 5) is 37.1. The number of nitro groups is 1. The van der Waals surface area contributed by atoms with Gasteiger partial charge in [-0.25, -0.2) is 0 Å². The Morgan fingerprint density at radius 3 is 2.53 bits per heavy atom. The smallest absolute Gasteiger partial charge is 0.271 e. The van der Waals surface area contributed by atoms with Gasteiger partial charge < -0.3 is 10.6 Å². The molecule has 1 heterocycles. The summed E-state index contributed by atoms with van der Waals surface area (Å²) in [6.07, 6.45) is 1.35. The van der Waals surface area contributed by atoms with Crippen molar-refractivity contribution in [3.8, 4) is 0 Å². The first-order valence-electron chi connectivity index (χ1n) is 8.98. The number of non-ortho nitro benzene ring substituents is 1. The van der Waals surface area contributed by atoms with Crippen LogP contribution in [0.2, 0.25) is 15.1 Å². The highest BCUT2D eigenvalue weighted by molar-refractivity contribution is 6.35. The van der Waals surface area contributed by atoms with E-state index in [4.69, 9.17) is 34.8 Å². The second-order valence-electron chi connectivity index (χ2n) is 6.71. The molecule has 0 bridgehead atoms. The van der Waals surface area contributed by atoms with Gasteiger partial charge in [0.1, 0.15) is 0 Å². The van der Waals surface area contributed by atoms with Crippen molar-refractivity contribution in [2.24, 2.45) is 0 Å². The van der Waals surface area contributed by atoms with Gasteiger partial charge in [0, 0.05) is 17.2 Å². The first-order chi connectivity index (χ1) is 14.2. The average Bonchev–Trinajstić information content (AvgIpc) is 3.14. The first-order valence-corrected chi connectivity index (χ1v) is 10.1. The highest BCUT2D eigenvalue weighted by Crippen LogP contribution is 2.28. The third-order valence-electron chi connectivity index (χ3n) is 4.64. The predicted molar refractivity (Wildman–Crippen MR) is 116 cm³/mol. The van der Waals surface area contributed by atoms with Gasteiger partial charge in [-0.15, -0.1) is 0 Å². The van der Waals surface area contributed by atoms with Crippen molar-refractivity contribution in [2.75, 3.05) is 23.7 Å². The Morgan fingerprint density at radius 2 is 1.83 bits per heavy atom. The molecule has 8 nitrogen and oxygen atoms in total. The molecular formula is C19H17Cl3N4O4. The number of amides is 2. The number of likely N-dealkylation sites (tertiary alicyclic amines) is 1. The van der Waals surface area contributed by atoms with E-state index < -0.39 is 11.0 Å². The number of carbonyl (C=O) groups excluding carboxylic acids is 2. The van der Waals surface area contributed by atoms with Crippen molar-refractivity contribution in [2.45, 2.75) is 18.9 Å². The zero-order chi connectivity index (χ0) is 21.8. The molecule has 1 aliphatic rings. The molecule has 30 heavy (non-hydrogen) atoms. The van der Waals surface area contributed by atoms with E-state index in [1.165, 1.54) is 12.1 Å². The van der Waals surface area contributed by atoms with Crippen LogP contribution in [0.5, 0.6) is 0 Å². The summed E-state index contributed by atoms with van der Waals surface area (Å²) in [5.41, 5.74) is 0.496. The molecule has 0 aliphatic carbocycles. The number of nitro benzene ring substituents is 1. The highest BCUT2D eigenvalue weighted by Gasteiger charge is 2.32. The Kier molecular flexibility index (Phi) is 7.14. The number of rotatable bonds is 6. The molecule has 0 radical (unpaired) electrons. The van der Waals surface area contributed by atoms with E-state index in [0.717, 1.165) is 12.5 Å². The van der Waals surface area contributed by atoms with Crippen LogP contribution in [0.15, 0.2) is 36.4 Å². The molecule has 2 N–H and O–H groups in total. The SMILES string of the molecule is O=C(CN1CCCC1C(=O)Nc1cc(Cl)ccc1Cl)Nc1ccc([N+](=O)[O-])cc1Cl. The van der Waals surface area contributed by atoms with Crippen LogP contribution < -0.4 is 10.6 Å². The number of halogens is 3. The van der Waals surface area contributed by atoms with Crippen molar-refractivity contribution < 1.29 is 14.5 Å². The number of anilines is 2. The van der Waals surface area contributed by atoms with Gasteiger partial charge in [-0.3, -0.25) is 24.6 Å². The van der Waals surface area contributed by atoms with Gasteiger partial charge in [0.25, 0.3) is 5.69 Å². The third kappa shape index (κ3) is 5.40. The second-order valence-corrected chi connectivity index (χ2v) is 7.96. The Bertz CT molecular complexity index is 1000. The molecule has 0 saturated carbocycles. The molecular weight excluding hydrogens is 455 g/mol. The summed E-state index contributed by atoms with van der Waals surface area (Å²) < 4.78 is 0. The molecule has 1 fully saturated rings. The maximum absolute atomic E-state index is 12.7. The summed E-state index contributed by atoms with van der Waals surface area (Å²) in [6, 6.07) is 8.05. The van der Waals surface area contributed by atoms with Crippen LogP contribution in [0.3, 0.4) is 0 Å². The number of hydrogen-bond acceptors (Lipinski definition) is 5. The van der Waals surface area contributed by atoms with Crippen LogP contribution in [0.4, 0.5) is 17.1 Å². The number of benzene rings is 2. The van der Waals surface area contributed by atoms with Crippen LogP contribution in [-0.2, 0) is 9.59 Å². The molecule has 0 spiro atoms. The van der Waals surface area contributed by atoms with E-state index in [1.54, 1.807) is 23.1 Å². The fourth-order valence-electron chi connectivity index (χ4n) is 3.21. The topological polar surface area (TPSA) is 105 Å². The second kappa shape index (κ2) is 9.61. The van der Waals surface area contributed by atoms with Crippen LogP contribution in [0.1, 0.15) is 12.8 Å². The zero-order valence-corrected chi connectivity index (χ0v) is 17.8. The largest absolute Gasteiger partial charge is 0.324 e. The monoisotopic (exact) mass is 470 g/mol. The van der Waals surface area contributed by atoms with Crippen LogP contribution in [0, 0.1) is 10.1 Å². The number of nitrogens with zero attached hydrogens (tertiary/aromatic N) is 2. The summed E-state index contributed by atoms with van der Waals surface area (Å²) in [7, 11) is 0. The quantitative estimate of drug-likeness (QED) is 0.473. The molecule has 2 aromatic rings. The summed E-state index contributed by atoms with van der Waals surface area (Å²) in [5, 5.41) is 17.0. The normalized spacial score (nSPS) is 16.3. The Morgan fingerprint density at radius 1 is 1.07 bits per heavy atom. The molecule has 158 valence electrons. The van der Waals surface area contributed by atoms with Gasteiger partial charge in [0.15, 0.2) is 0 Å². The number of nitrogens with one attached hydrogen (secondary N) is 2. The lowest BCUT2D eigenvalue weighted by Gasteiger charge is -2.23. The molecule has 0 aromatic heterocycles. The summed E-state index contributed by atoms with van der Waals surface area (Å²) >= 11 is 18.1.